The molecule has 0 aliphatic heterocycles. The quantitative estimate of drug-likeness (QED) is 0.400. The zero-order valence-corrected chi connectivity index (χ0v) is 6.43. The number of carbonyl (C=O) groups is 1. The average Bonchev–Trinajstić information content (AvgIpc) is 1.81. The van der Waals surface area contributed by atoms with Crippen molar-refractivity contribution in [1.29, 1.82) is 0 Å². The van der Waals surface area contributed by atoms with Gasteiger partial charge < -0.3 is 18.9 Å². The highest BCUT2D eigenvalue weighted by atomic mass is 35.5. The Morgan fingerprint density at radius 3 is 2.40 bits per heavy atom. The molecule has 0 saturated heterocycles. The molecule has 60 valence electrons. The molecule has 0 fully saturated rings. The number of ketones is 1. The Kier molecular flexibility index (Phi) is 4.08. The highest BCUT2D eigenvalue weighted by molar-refractivity contribution is 7.43. The molecule has 0 saturated carbocycles. The van der Waals surface area contributed by atoms with E-state index in [1.165, 1.54) is 0 Å². The molecule has 0 aromatic rings. The normalized spacial score (nSPS) is 11.5. The summed E-state index contributed by atoms with van der Waals surface area (Å²) in [6, 6.07) is 0. The van der Waals surface area contributed by atoms with Crippen molar-refractivity contribution in [2.24, 2.45) is 0 Å². The molecule has 0 aromatic heterocycles. The van der Waals surface area contributed by atoms with Gasteiger partial charge in [0.2, 0.25) is 0 Å². The molecule has 0 heterocycles. The minimum absolute atomic E-state index is 0.361. The van der Waals surface area contributed by atoms with Crippen LogP contribution < -0.4 is 9.79 Å². The molecule has 0 aliphatic rings. The van der Waals surface area contributed by atoms with Crippen LogP contribution in [-0.4, -0.2) is 18.3 Å². The van der Waals surface area contributed by atoms with Gasteiger partial charge in [0.25, 0.3) is 0 Å². The Morgan fingerprint density at radius 1 is 1.60 bits per heavy atom. The van der Waals surface area contributed by atoms with Gasteiger partial charge in [0.1, 0.15) is 6.61 Å². The van der Waals surface area contributed by atoms with E-state index in [-0.39, 0.29) is 5.88 Å². The molecular weight excluding hydrogens is 182 g/mol. The van der Waals surface area contributed by atoms with Crippen LogP contribution >= 0.6 is 19.4 Å². The molecule has 0 spiro atoms. The maximum absolute atomic E-state index is 10.2. The first kappa shape index (κ1) is 10.1. The SMILES string of the molecule is O=C(CCl)COP(=O)([O-])[O-]. The third-order valence-corrected chi connectivity index (χ3v) is 1.28. The van der Waals surface area contributed by atoms with E-state index >= 15 is 0 Å². The van der Waals surface area contributed by atoms with Gasteiger partial charge in [-0.25, -0.2) is 0 Å². The maximum atomic E-state index is 10.2. The second kappa shape index (κ2) is 4.05. The first-order valence-corrected chi connectivity index (χ1v) is 4.19. The van der Waals surface area contributed by atoms with E-state index in [1.807, 2.05) is 0 Å². The lowest BCUT2D eigenvalue weighted by Crippen LogP contribution is -2.20. The number of alkyl halides is 1. The molecule has 7 heteroatoms. The van der Waals surface area contributed by atoms with E-state index in [0.717, 1.165) is 0 Å². The van der Waals surface area contributed by atoms with Crippen molar-refractivity contribution in [3.05, 3.63) is 0 Å². The Bertz CT molecular complexity index is 162. The molecular formula is C3H4ClO5P-2. The van der Waals surface area contributed by atoms with Gasteiger partial charge in [0.05, 0.1) is 13.7 Å². The van der Waals surface area contributed by atoms with E-state index in [9.17, 15) is 19.1 Å². The molecule has 5 nitrogen and oxygen atoms in total. The van der Waals surface area contributed by atoms with Crippen molar-refractivity contribution < 1.29 is 23.7 Å². The summed E-state index contributed by atoms with van der Waals surface area (Å²) in [6.45, 7) is -0.770. The predicted molar refractivity (Wildman–Crippen MR) is 29.3 cm³/mol. The highest BCUT2D eigenvalue weighted by Crippen LogP contribution is 2.23. The van der Waals surface area contributed by atoms with Gasteiger partial charge in [-0.05, 0) is 0 Å². The predicted octanol–water partition coefficient (Wildman–Crippen LogP) is -1.36. The lowest BCUT2D eigenvalue weighted by atomic mass is 10.5. The average molecular weight is 186 g/mol. The lowest BCUT2D eigenvalue weighted by Gasteiger charge is -2.27. The van der Waals surface area contributed by atoms with Gasteiger partial charge in [0.15, 0.2) is 5.78 Å². The second-order valence-corrected chi connectivity index (χ2v) is 2.81. The van der Waals surface area contributed by atoms with Gasteiger partial charge in [-0.3, -0.25) is 4.79 Å². The van der Waals surface area contributed by atoms with Crippen molar-refractivity contribution in [3.8, 4) is 0 Å². The first-order chi connectivity index (χ1) is 4.45. The number of phosphoric acid groups is 1. The number of phosphoric ester groups is 1. The van der Waals surface area contributed by atoms with E-state index < -0.39 is 20.2 Å². The minimum atomic E-state index is -5.01. The number of carbonyl (C=O) groups excluding carboxylic acids is 1. The third kappa shape index (κ3) is 6.19. The highest BCUT2D eigenvalue weighted by Gasteiger charge is 1.99. The molecule has 0 unspecified atom stereocenters. The zero-order chi connectivity index (χ0) is 8.20. The van der Waals surface area contributed by atoms with Gasteiger partial charge in [-0.15, -0.1) is 11.6 Å². The molecule has 0 atom stereocenters. The number of hydrogen-bond acceptors (Lipinski definition) is 5. The van der Waals surface area contributed by atoms with Crippen LogP contribution in [0.4, 0.5) is 0 Å². The summed E-state index contributed by atoms with van der Waals surface area (Å²) in [5, 5.41) is 0. The number of rotatable bonds is 4. The van der Waals surface area contributed by atoms with Crippen molar-refractivity contribution in [2.75, 3.05) is 12.5 Å². The summed E-state index contributed by atoms with van der Waals surface area (Å²) in [6.07, 6.45) is 0. The van der Waals surface area contributed by atoms with Crippen molar-refractivity contribution >= 4 is 25.2 Å². The molecule has 0 amide bonds. The van der Waals surface area contributed by atoms with E-state index in [1.54, 1.807) is 0 Å². The lowest BCUT2D eigenvalue weighted by molar-refractivity contribution is -0.341. The van der Waals surface area contributed by atoms with Crippen LogP contribution in [0.15, 0.2) is 0 Å². The second-order valence-electron chi connectivity index (χ2n) is 1.39. The summed E-state index contributed by atoms with van der Waals surface area (Å²) in [4.78, 5) is 29.6. The number of hydrogen-bond donors (Lipinski definition) is 0. The van der Waals surface area contributed by atoms with E-state index in [4.69, 9.17) is 11.6 Å². The Hall–Kier alpha value is 0.0700. The Balaban J connectivity index is 3.56. The summed E-state index contributed by atoms with van der Waals surface area (Å²) >= 11 is 4.96. The topological polar surface area (TPSA) is 89.5 Å². The summed E-state index contributed by atoms with van der Waals surface area (Å²) in [7, 11) is -5.01. The fraction of sp³-hybridized carbons (Fsp3) is 0.667. The molecule has 0 aromatic carbocycles. The van der Waals surface area contributed by atoms with E-state index in [0.29, 0.717) is 0 Å². The summed E-state index contributed by atoms with van der Waals surface area (Å²) in [5.74, 6) is -1.01. The van der Waals surface area contributed by atoms with Gasteiger partial charge in [-0.2, -0.15) is 0 Å². The monoisotopic (exact) mass is 186 g/mol. The van der Waals surface area contributed by atoms with Crippen LogP contribution in [0.3, 0.4) is 0 Å². The van der Waals surface area contributed by atoms with Crippen molar-refractivity contribution in [1.82, 2.24) is 0 Å². The first-order valence-electron chi connectivity index (χ1n) is 2.20. The molecule has 10 heavy (non-hydrogen) atoms. The maximum Gasteiger partial charge on any atom is 0.173 e. The third-order valence-electron chi connectivity index (χ3n) is 0.533. The molecule has 0 aliphatic carbocycles. The van der Waals surface area contributed by atoms with Crippen LogP contribution in [0.1, 0.15) is 0 Å². The van der Waals surface area contributed by atoms with Crippen molar-refractivity contribution in [3.63, 3.8) is 0 Å². The molecule has 0 radical (unpaired) electrons. The number of Topliss-reactive ketones (excluding diaryl/α,β-unsaturated/α-hetero) is 1. The standard InChI is InChI=1S/C3H6ClO5P/c4-1-3(5)2-9-10(6,7)8/h1-2H2,(H2,6,7,8)/p-2. The summed E-state index contributed by atoms with van der Waals surface area (Å²) < 4.78 is 13.3. The summed E-state index contributed by atoms with van der Waals surface area (Å²) in [5.41, 5.74) is 0. The fourth-order valence-corrected chi connectivity index (χ4v) is 0.569. The Morgan fingerprint density at radius 2 is 2.10 bits per heavy atom. The van der Waals surface area contributed by atoms with Crippen LogP contribution in [0.5, 0.6) is 0 Å². The smallest absolute Gasteiger partial charge is 0.173 e. The van der Waals surface area contributed by atoms with Crippen LogP contribution in [0, 0.1) is 0 Å². The van der Waals surface area contributed by atoms with Crippen molar-refractivity contribution in [2.45, 2.75) is 0 Å². The molecule has 0 N–H and O–H groups in total. The Labute approximate surface area is 62.2 Å². The van der Waals surface area contributed by atoms with Gasteiger partial charge in [0, 0.05) is 0 Å². The number of halogens is 1. The van der Waals surface area contributed by atoms with Crippen LogP contribution in [-0.2, 0) is 13.9 Å². The van der Waals surface area contributed by atoms with Crippen LogP contribution in [0.2, 0.25) is 0 Å². The van der Waals surface area contributed by atoms with Crippen LogP contribution in [0.25, 0.3) is 0 Å². The molecule has 0 bridgehead atoms. The largest absolute Gasteiger partial charge is 0.790 e. The molecule has 0 rings (SSSR count). The van der Waals surface area contributed by atoms with Gasteiger partial charge in [-0.1, -0.05) is 0 Å². The minimum Gasteiger partial charge on any atom is -0.790 e. The fourth-order valence-electron chi connectivity index (χ4n) is 0.190. The van der Waals surface area contributed by atoms with Gasteiger partial charge >= 0.3 is 0 Å². The van der Waals surface area contributed by atoms with E-state index in [2.05, 4.69) is 4.52 Å². The zero-order valence-electron chi connectivity index (χ0n) is 4.78.